The van der Waals surface area contributed by atoms with Crippen molar-refractivity contribution in [3.8, 4) is 6.07 Å². The van der Waals surface area contributed by atoms with Gasteiger partial charge in [0.25, 0.3) is 0 Å². The Bertz CT molecular complexity index is 198. The number of hydrogen-bond acceptors (Lipinski definition) is 3. The van der Waals surface area contributed by atoms with Crippen LogP contribution in [0.5, 0.6) is 0 Å². The van der Waals surface area contributed by atoms with E-state index in [0.717, 1.165) is 19.3 Å². The Balaban J connectivity index is 3.41. The summed E-state index contributed by atoms with van der Waals surface area (Å²) >= 11 is 0. The zero-order valence-electron chi connectivity index (χ0n) is 8.75. The van der Waals surface area contributed by atoms with Gasteiger partial charge in [0.05, 0.1) is 12.5 Å². The molecule has 0 radical (unpaired) electrons. The molecule has 14 heavy (non-hydrogen) atoms. The average molecular weight is 197 g/mol. The number of hydrogen-bond donors (Lipinski definition) is 2. The number of unbranched alkanes of at least 4 members (excludes halogenated alkanes) is 2. The number of nitrogens with one attached hydrogen (secondary N) is 1. The fourth-order valence-electron chi connectivity index (χ4n) is 1.14. The quantitative estimate of drug-likeness (QED) is 0.596. The lowest BCUT2D eigenvalue weighted by Gasteiger charge is -2.09. The zero-order chi connectivity index (χ0) is 10.8. The number of carbonyl (C=O) groups is 1. The van der Waals surface area contributed by atoms with E-state index in [9.17, 15) is 4.79 Å². The number of amides is 1. The average Bonchev–Trinajstić information content (AvgIpc) is 2.13. The summed E-state index contributed by atoms with van der Waals surface area (Å²) in [5.41, 5.74) is 5.33. The summed E-state index contributed by atoms with van der Waals surface area (Å²) in [6.45, 7) is 2.52. The maximum Gasteiger partial charge on any atom is 0.220 e. The van der Waals surface area contributed by atoms with E-state index in [2.05, 4.69) is 5.32 Å². The minimum atomic E-state index is -0.0398. The van der Waals surface area contributed by atoms with E-state index in [0.29, 0.717) is 19.4 Å². The first-order valence-electron chi connectivity index (χ1n) is 5.07. The molecule has 4 heteroatoms. The van der Waals surface area contributed by atoms with Crippen LogP contribution in [0, 0.1) is 11.3 Å². The number of rotatable bonds is 7. The van der Waals surface area contributed by atoms with Gasteiger partial charge in [0.2, 0.25) is 5.91 Å². The number of carbonyl (C=O) groups excluding carboxylic acids is 1. The van der Waals surface area contributed by atoms with Crippen molar-refractivity contribution in [3.63, 3.8) is 0 Å². The predicted molar refractivity (Wildman–Crippen MR) is 55.4 cm³/mol. The van der Waals surface area contributed by atoms with Crippen molar-refractivity contribution in [2.45, 2.75) is 45.1 Å². The highest BCUT2D eigenvalue weighted by atomic mass is 16.1. The van der Waals surface area contributed by atoms with Gasteiger partial charge in [-0.25, -0.2) is 0 Å². The third-order valence-electron chi connectivity index (χ3n) is 1.91. The first kappa shape index (κ1) is 12.9. The van der Waals surface area contributed by atoms with Crippen molar-refractivity contribution in [2.24, 2.45) is 5.73 Å². The minimum absolute atomic E-state index is 0.0322. The lowest BCUT2D eigenvalue weighted by Crippen LogP contribution is -2.31. The summed E-state index contributed by atoms with van der Waals surface area (Å²) in [5, 5.41) is 11.1. The van der Waals surface area contributed by atoms with Gasteiger partial charge in [-0.15, -0.1) is 0 Å². The smallest absolute Gasteiger partial charge is 0.220 e. The standard InChI is InChI=1S/C10H19N3O/c1-9(6-8-12)13-10(14)5-3-2-4-7-11/h9H,2-7,11H2,1H3,(H,13,14). The molecule has 0 aliphatic rings. The third kappa shape index (κ3) is 7.56. The van der Waals surface area contributed by atoms with E-state index >= 15 is 0 Å². The molecule has 1 unspecified atom stereocenters. The van der Waals surface area contributed by atoms with E-state index in [1.165, 1.54) is 0 Å². The second kappa shape index (κ2) is 8.52. The van der Waals surface area contributed by atoms with Gasteiger partial charge in [-0.1, -0.05) is 6.42 Å². The molecular weight excluding hydrogens is 178 g/mol. The van der Waals surface area contributed by atoms with Gasteiger partial charge in [0.15, 0.2) is 0 Å². The Kier molecular flexibility index (Phi) is 7.86. The minimum Gasteiger partial charge on any atom is -0.353 e. The van der Waals surface area contributed by atoms with Crippen molar-refractivity contribution in [2.75, 3.05) is 6.54 Å². The van der Waals surface area contributed by atoms with Crippen LogP contribution in [0.4, 0.5) is 0 Å². The molecule has 80 valence electrons. The second-order valence-electron chi connectivity index (χ2n) is 3.43. The van der Waals surface area contributed by atoms with Crippen molar-refractivity contribution >= 4 is 5.91 Å². The van der Waals surface area contributed by atoms with Crippen LogP contribution in [-0.4, -0.2) is 18.5 Å². The van der Waals surface area contributed by atoms with Crippen LogP contribution in [0.3, 0.4) is 0 Å². The molecule has 0 saturated heterocycles. The van der Waals surface area contributed by atoms with Gasteiger partial charge in [0, 0.05) is 12.5 Å². The van der Waals surface area contributed by atoms with Gasteiger partial charge in [-0.2, -0.15) is 5.26 Å². The Hall–Kier alpha value is -1.08. The maximum atomic E-state index is 11.2. The predicted octanol–water partition coefficient (Wildman–Crippen LogP) is 0.924. The van der Waals surface area contributed by atoms with Gasteiger partial charge in [-0.3, -0.25) is 4.79 Å². The molecule has 3 N–H and O–H groups in total. The molecule has 0 spiro atoms. The first-order valence-corrected chi connectivity index (χ1v) is 5.07. The second-order valence-corrected chi connectivity index (χ2v) is 3.43. The molecule has 0 aliphatic heterocycles. The largest absolute Gasteiger partial charge is 0.353 e. The highest BCUT2D eigenvalue weighted by Crippen LogP contribution is 1.99. The van der Waals surface area contributed by atoms with E-state index in [1.54, 1.807) is 0 Å². The molecule has 0 rings (SSSR count). The van der Waals surface area contributed by atoms with E-state index < -0.39 is 0 Å². The number of nitrogens with zero attached hydrogens (tertiary/aromatic N) is 1. The van der Waals surface area contributed by atoms with Gasteiger partial charge in [0.1, 0.15) is 0 Å². The highest BCUT2D eigenvalue weighted by Gasteiger charge is 2.05. The molecule has 0 aromatic heterocycles. The van der Waals surface area contributed by atoms with Crippen LogP contribution in [0.15, 0.2) is 0 Å². The normalized spacial score (nSPS) is 11.8. The van der Waals surface area contributed by atoms with Crippen molar-refractivity contribution in [1.29, 1.82) is 5.26 Å². The summed E-state index contributed by atoms with van der Waals surface area (Å²) in [5.74, 6) is 0.0322. The molecule has 4 nitrogen and oxygen atoms in total. The van der Waals surface area contributed by atoms with Crippen LogP contribution in [0.25, 0.3) is 0 Å². The van der Waals surface area contributed by atoms with Crippen LogP contribution in [0.1, 0.15) is 39.0 Å². The van der Waals surface area contributed by atoms with Gasteiger partial charge < -0.3 is 11.1 Å². The molecule has 0 fully saturated rings. The Morgan fingerprint density at radius 2 is 2.21 bits per heavy atom. The topological polar surface area (TPSA) is 78.9 Å². The molecule has 0 aliphatic carbocycles. The first-order chi connectivity index (χ1) is 6.70. The van der Waals surface area contributed by atoms with Gasteiger partial charge >= 0.3 is 0 Å². The molecule has 0 saturated carbocycles. The molecule has 1 atom stereocenters. The third-order valence-corrected chi connectivity index (χ3v) is 1.91. The molecular formula is C10H19N3O. The van der Waals surface area contributed by atoms with Crippen LogP contribution in [0.2, 0.25) is 0 Å². The lowest BCUT2D eigenvalue weighted by atomic mass is 10.1. The Morgan fingerprint density at radius 3 is 2.79 bits per heavy atom. The van der Waals surface area contributed by atoms with E-state index in [4.69, 9.17) is 11.0 Å². The fraction of sp³-hybridized carbons (Fsp3) is 0.800. The van der Waals surface area contributed by atoms with Crippen molar-refractivity contribution in [3.05, 3.63) is 0 Å². The fourth-order valence-corrected chi connectivity index (χ4v) is 1.14. The summed E-state index contributed by atoms with van der Waals surface area (Å²) in [4.78, 5) is 11.2. The Labute approximate surface area is 85.5 Å². The Morgan fingerprint density at radius 1 is 1.50 bits per heavy atom. The summed E-state index contributed by atoms with van der Waals surface area (Å²) in [6, 6.07) is 1.98. The highest BCUT2D eigenvalue weighted by molar-refractivity contribution is 5.76. The van der Waals surface area contributed by atoms with Crippen LogP contribution >= 0.6 is 0 Å². The molecule has 0 aromatic rings. The van der Waals surface area contributed by atoms with Crippen LogP contribution < -0.4 is 11.1 Å². The summed E-state index contributed by atoms with van der Waals surface area (Å²) < 4.78 is 0. The molecule has 0 bridgehead atoms. The molecule has 1 amide bonds. The van der Waals surface area contributed by atoms with E-state index in [1.807, 2.05) is 13.0 Å². The molecule has 0 heterocycles. The maximum absolute atomic E-state index is 11.2. The molecule has 0 aromatic carbocycles. The monoisotopic (exact) mass is 197 g/mol. The summed E-state index contributed by atoms with van der Waals surface area (Å²) in [6.07, 6.45) is 3.75. The van der Waals surface area contributed by atoms with Crippen molar-refractivity contribution < 1.29 is 4.79 Å². The van der Waals surface area contributed by atoms with Crippen molar-refractivity contribution in [1.82, 2.24) is 5.32 Å². The number of nitrogens with two attached hydrogens (primary N) is 1. The summed E-state index contributed by atoms with van der Waals surface area (Å²) in [7, 11) is 0. The van der Waals surface area contributed by atoms with E-state index in [-0.39, 0.29) is 11.9 Å². The van der Waals surface area contributed by atoms with Crippen LogP contribution in [-0.2, 0) is 4.79 Å². The lowest BCUT2D eigenvalue weighted by molar-refractivity contribution is -0.121. The number of nitriles is 1. The zero-order valence-corrected chi connectivity index (χ0v) is 8.75. The SMILES string of the molecule is CC(CC#N)NC(=O)CCCCCN. The van der Waals surface area contributed by atoms with Gasteiger partial charge in [-0.05, 0) is 26.3 Å².